The highest BCUT2D eigenvalue weighted by molar-refractivity contribution is 5.93. The maximum absolute atomic E-state index is 12.0. The third-order valence-corrected chi connectivity index (χ3v) is 2.86. The molecule has 0 saturated carbocycles. The molecule has 0 aliphatic heterocycles. The molecule has 6 nitrogen and oxygen atoms in total. The van der Waals surface area contributed by atoms with E-state index in [1.807, 2.05) is 12.1 Å². The molecule has 2 aromatic heterocycles. The number of nitrogens with zero attached hydrogens (tertiary/aromatic N) is 4. The molecule has 106 valence electrons. The lowest BCUT2D eigenvalue weighted by Crippen LogP contribution is -2.08. The van der Waals surface area contributed by atoms with Crippen molar-refractivity contribution < 1.29 is 9.53 Å². The molecule has 0 fully saturated rings. The lowest BCUT2D eigenvalue weighted by Gasteiger charge is -2.07. The number of unbranched alkanes of at least 4 members (excludes halogenated alkanes) is 1. The first-order valence-corrected chi connectivity index (χ1v) is 6.78. The summed E-state index contributed by atoms with van der Waals surface area (Å²) in [6.45, 7) is 4.90. The summed E-state index contributed by atoms with van der Waals surface area (Å²) in [6.07, 6.45) is 5.40. The van der Waals surface area contributed by atoms with E-state index in [-0.39, 0.29) is 5.69 Å². The van der Waals surface area contributed by atoms with Gasteiger partial charge in [0.2, 0.25) is 0 Å². The summed E-state index contributed by atoms with van der Waals surface area (Å²) in [5.41, 5.74) is 1.73. The Balaban J connectivity index is 2.43. The minimum absolute atomic E-state index is 0.246. The van der Waals surface area contributed by atoms with Crippen LogP contribution in [0.2, 0.25) is 0 Å². The minimum Gasteiger partial charge on any atom is -0.461 e. The lowest BCUT2D eigenvalue weighted by atomic mass is 10.1. The molecule has 0 aliphatic carbocycles. The van der Waals surface area contributed by atoms with Crippen LogP contribution in [-0.4, -0.2) is 32.6 Å². The fourth-order valence-electron chi connectivity index (χ4n) is 1.90. The van der Waals surface area contributed by atoms with E-state index in [0.717, 1.165) is 18.4 Å². The van der Waals surface area contributed by atoms with Crippen molar-refractivity contribution >= 4 is 5.97 Å². The van der Waals surface area contributed by atoms with Gasteiger partial charge < -0.3 is 4.74 Å². The number of pyridine rings is 1. The number of aromatic nitrogens is 4. The Labute approximate surface area is 117 Å². The molecule has 0 radical (unpaired) electrons. The summed E-state index contributed by atoms with van der Waals surface area (Å²) in [6, 6.07) is 3.71. The molecular formula is C14H18N4O2. The topological polar surface area (TPSA) is 69.9 Å². The molecule has 0 saturated heterocycles. The molecule has 0 N–H and O–H groups in total. The Bertz CT molecular complexity index is 566. The Morgan fingerprint density at radius 3 is 2.90 bits per heavy atom. The summed E-state index contributed by atoms with van der Waals surface area (Å²) >= 11 is 0. The van der Waals surface area contributed by atoms with Gasteiger partial charge in [-0.1, -0.05) is 18.6 Å². The number of ether oxygens (including phenoxy) is 1. The molecule has 2 aromatic rings. The van der Waals surface area contributed by atoms with Crippen molar-refractivity contribution in [2.45, 2.75) is 33.2 Å². The van der Waals surface area contributed by atoms with Crippen molar-refractivity contribution in [1.29, 1.82) is 0 Å². The van der Waals surface area contributed by atoms with Crippen molar-refractivity contribution in [1.82, 2.24) is 20.0 Å². The number of rotatable bonds is 6. The highest BCUT2D eigenvalue weighted by Gasteiger charge is 2.22. The first-order chi connectivity index (χ1) is 9.77. The normalized spacial score (nSPS) is 10.5. The maximum Gasteiger partial charge on any atom is 0.361 e. The predicted molar refractivity (Wildman–Crippen MR) is 74.1 cm³/mol. The van der Waals surface area contributed by atoms with E-state index in [9.17, 15) is 4.79 Å². The summed E-state index contributed by atoms with van der Waals surface area (Å²) < 4.78 is 6.78. The SMILES string of the molecule is CCCCn1nnc(C(=O)OCC)c1-c1cccnc1. The van der Waals surface area contributed by atoms with Gasteiger partial charge in [0.25, 0.3) is 0 Å². The minimum atomic E-state index is -0.450. The molecule has 0 spiro atoms. The molecule has 6 heteroatoms. The van der Waals surface area contributed by atoms with Gasteiger partial charge in [0.15, 0.2) is 5.69 Å². The van der Waals surface area contributed by atoms with Gasteiger partial charge in [0, 0.05) is 24.5 Å². The first kappa shape index (κ1) is 14.2. The smallest absolute Gasteiger partial charge is 0.361 e. The van der Waals surface area contributed by atoms with Crippen LogP contribution in [-0.2, 0) is 11.3 Å². The second kappa shape index (κ2) is 6.79. The van der Waals surface area contributed by atoms with Crippen LogP contribution in [0.15, 0.2) is 24.5 Å². The zero-order chi connectivity index (χ0) is 14.4. The summed E-state index contributed by atoms with van der Waals surface area (Å²) in [4.78, 5) is 16.1. The van der Waals surface area contributed by atoms with Crippen LogP contribution in [0.4, 0.5) is 0 Å². The Morgan fingerprint density at radius 2 is 2.25 bits per heavy atom. The van der Waals surface area contributed by atoms with E-state index in [0.29, 0.717) is 18.8 Å². The number of carbonyl (C=O) groups excluding carboxylic acids is 1. The van der Waals surface area contributed by atoms with Crippen LogP contribution in [0.5, 0.6) is 0 Å². The number of carbonyl (C=O) groups is 1. The van der Waals surface area contributed by atoms with E-state index in [4.69, 9.17) is 4.74 Å². The van der Waals surface area contributed by atoms with Crippen LogP contribution < -0.4 is 0 Å². The van der Waals surface area contributed by atoms with Crippen LogP contribution in [0.25, 0.3) is 11.3 Å². The largest absolute Gasteiger partial charge is 0.461 e. The molecule has 0 amide bonds. The average Bonchev–Trinajstić information content (AvgIpc) is 2.90. The molecule has 0 bridgehead atoms. The van der Waals surface area contributed by atoms with Gasteiger partial charge >= 0.3 is 5.97 Å². The van der Waals surface area contributed by atoms with Gasteiger partial charge in [-0.2, -0.15) is 0 Å². The molecule has 0 atom stereocenters. The highest BCUT2D eigenvalue weighted by Crippen LogP contribution is 2.22. The fourth-order valence-corrected chi connectivity index (χ4v) is 1.90. The Hall–Kier alpha value is -2.24. The molecule has 2 rings (SSSR count). The first-order valence-electron chi connectivity index (χ1n) is 6.78. The van der Waals surface area contributed by atoms with Gasteiger partial charge in [-0.05, 0) is 25.5 Å². The van der Waals surface area contributed by atoms with Crippen molar-refractivity contribution in [3.63, 3.8) is 0 Å². The molecule has 0 aromatic carbocycles. The van der Waals surface area contributed by atoms with Crippen molar-refractivity contribution in [3.8, 4) is 11.3 Å². The van der Waals surface area contributed by atoms with Gasteiger partial charge in [-0.3, -0.25) is 4.98 Å². The Morgan fingerprint density at radius 1 is 1.40 bits per heavy atom. The van der Waals surface area contributed by atoms with Crippen molar-refractivity contribution in [2.24, 2.45) is 0 Å². The van der Waals surface area contributed by atoms with E-state index < -0.39 is 5.97 Å². The van der Waals surface area contributed by atoms with Crippen molar-refractivity contribution in [2.75, 3.05) is 6.61 Å². The maximum atomic E-state index is 12.0. The van der Waals surface area contributed by atoms with E-state index >= 15 is 0 Å². The van der Waals surface area contributed by atoms with Crippen LogP contribution in [0, 0.1) is 0 Å². The Kier molecular flexibility index (Phi) is 4.81. The third-order valence-electron chi connectivity index (χ3n) is 2.86. The van der Waals surface area contributed by atoms with Gasteiger partial charge in [-0.15, -0.1) is 5.10 Å². The standard InChI is InChI=1S/C14H18N4O2/c1-3-5-9-18-13(11-7-6-8-15-10-11)12(16-17-18)14(19)20-4-2/h6-8,10H,3-5,9H2,1-2H3. The average molecular weight is 274 g/mol. The summed E-state index contributed by atoms with van der Waals surface area (Å²) in [5.74, 6) is -0.450. The van der Waals surface area contributed by atoms with Gasteiger partial charge in [0.05, 0.1) is 6.61 Å². The van der Waals surface area contributed by atoms with Crippen molar-refractivity contribution in [3.05, 3.63) is 30.2 Å². The molecule has 0 aliphatic rings. The lowest BCUT2D eigenvalue weighted by molar-refractivity contribution is 0.0520. The zero-order valence-corrected chi connectivity index (χ0v) is 11.7. The third kappa shape index (κ3) is 3.01. The molecule has 0 unspecified atom stereocenters. The number of hydrogen-bond donors (Lipinski definition) is 0. The van der Waals surface area contributed by atoms with Gasteiger partial charge in [0.1, 0.15) is 5.69 Å². The zero-order valence-electron chi connectivity index (χ0n) is 11.7. The van der Waals surface area contributed by atoms with Gasteiger partial charge in [-0.25, -0.2) is 9.48 Å². The van der Waals surface area contributed by atoms with E-state index in [1.165, 1.54) is 0 Å². The summed E-state index contributed by atoms with van der Waals surface area (Å²) in [7, 11) is 0. The highest BCUT2D eigenvalue weighted by atomic mass is 16.5. The summed E-state index contributed by atoms with van der Waals surface area (Å²) in [5, 5.41) is 8.05. The monoisotopic (exact) mass is 274 g/mol. The second-order valence-corrected chi connectivity index (χ2v) is 4.33. The van der Waals surface area contributed by atoms with E-state index in [1.54, 1.807) is 24.0 Å². The number of esters is 1. The van der Waals surface area contributed by atoms with Crippen LogP contribution >= 0.6 is 0 Å². The number of hydrogen-bond acceptors (Lipinski definition) is 5. The van der Waals surface area contributed by atoms with Crippen LogP contribution in [0.3, 0.4) is 0 Å². The number of aryl methyl sites for hydroxylation is 1. The fraction of sp³-hybridized carbons (Fsp3) is 0.429. The molecule has 20 heavy (non-hydrogen) atoms. The molecular weight excluding hydrogens is 256 g/mol. The van der Waals surface area contributed by atoms with E-state index in [2.05, 4.69) is 22.2 Å². The quantitative estimate of drug-likeness (QED) is 0.756. The van der Waals surface area contributed by atoms with Crippen LogP contribution in [0.1, 0.15) is 37.2 Å². The second-order valence-electron chi connectivity index (χ2n) is 4.33. The molecule has 2 heterocycles. The predicted octanol–water partition coefficient (Wildman–Crippen LogP) is 2.32.